The molecule has 0 saturated heterocycles. The van der Waals surface area contributed by atoms with Gasteiger partial charge in [0.2, 0.25) is 5.95 Å². The van der Waals surface area contributed by atoms with E-state index in [2.05, 4.69) is 20.8 Å². The summed E-state index contributed by atoms with van der Waals surface area (Å²) in [6.45, 7) is 0. The third kappa shape index (κ3) is 3.91. The molecule has 1 aromatic heterocycles. The molecule has 1 aliphatic rings. The van der Waals surface area contributed by atoms with Crippen LogP contribution in [0, 0.1) is 0 Å². The van der Waals surface area contributed by atoms with Crippen molar-refractivity contribution in [1.82, 2.24) is 20.2 Å². The molecular weight excluding hydrogens is 430 g/mol. The number of Topliss-reactive ketones (excluding diaryl/α,β-unsaturated/α-hetero) is 1. The van der Waals surface area contributed by atoms with Crippen molar-refractivity contribution in [2.75, 3.05) is 26.6 Å². The minimum atomic E-state index is -0.879. The van der Waals surface area contributed by atoms with Gasteiger partial charge in [-0.1, -0.05) is 29.4 Å². The number of methoxy groups -OCH3 is 3. The third-order valence-corrected chi connectivity index (χ3v) is 5.13. The van der Waals surface area contributed by atoms with Gasteiger partial charge >= 0.3 is 11.9 Å². The molecule has 168 valence electrons. The Kier molecular flexibility index (Phi) is 5.85. The quantitative estimate of drug-likeness (QED) is 0.438. The molecule has 2 heterocycles. The van der Waals surface area contributed by atoms with Crippen molar-refractivity contribution < 1.29 is 28.6 Å². The van der Waals surface area contributed by atoms with Gasteiger partial charge in [-0.3, -0.25) is 4.79 Å². The average Bonchev–Trinajstić information content (AvgIpc) is 3.34. The van der Waals surface area contributed by atoms with E-state index in [-0.39, 0.29) is 17.2 Å². The van der Waals surface area contributed by atoms with Crippen molar-refractivity contribution in [2.45, 2.75) is 6.04 Å². The number of benzene rings is 2. The van der Waals surface area contributed by atoms with Crippen molar-refractivity contribution in [3.8, 4) is 5.75 Å². The predicted molar refractivity (Wildman–Crippen MR) is 114 cm³/mol. The molecule has 11 heteroatoms. The van der Waals surface area contributed by atoms with Gasteiger partial charge in [0.05, 0.1) is 32.5 Å². The molecule has 1 N–H and O–H groups in total. The maximum Gasteiger partial charge on any atom is 0.355 e. The number of hydrogen-bond donors (Lipinski definition) is 1. The summed E-state index contributed by atoms with van der Waals surface area (Å²) in [6, 6.07) is 12.1. The highest BCUT2D eigenvalue weighted by atomic mass is 16.5. The zero-order valence-electron chi connectivity index (χ0n) is 17.9. The van der Waals surface area contributed by atoms with Gasteiger partial charge in [0.15, 0.2) is 5.78 Å². The second-order valence-electron chi connectivity index (χ2n) is 6.93. The molecule has 2 aromatic carbocycles. The van der Waals surface area contributed by atoms with Crippen LogP contribution in [0.1, 0.15) is 32.3 Å². The first-order chi connectivity index (χ1) is 16.0. The van der Waals surface area contributed by atoms with Crippen molar-refractivity contribution in [2.24, 2.45) is 0 Å². The predicted octanol–water partition coefficient (Wildman–Crippen LogP) is 1.79. The Morgan fingerprint density at radius 3 is 2.33 bits per heavy atom. The number of carbonyl (C=O) groups excluding carboxylic acids is 3. The molecule has 0 bridgehead atoms. The molecule has 0 radical (unpaired) electrons. The zero-order chi connectivity index (χ0) is 23.5. The van der Waals surface area contributed by atoms with Crippen molar-refractivity contribution in [3.63, 3.8) is 0 Å². The lowest BCUT2D eigenvalue weighted by Crippen LogP contribution is -2.33. The molecule has 33 heavy (non-hydrogen) atoms. The summed E-state index contributed by atoms with van der Waals surface area (Å²) in [7, 11) is 3.99. The van der Waals surface area contributed by atoms with Gasteiger partial charge in [-0.25, -0.2) is 9.59 Å². The number of carbonyl (C=O) groups is 3. The van der Waals surface area contributed by atoms with E-state index in [1.807, 2.05) is 0 Å². The minimum Gasteiger partial charge on any atom is -0.497 e. The number of anilines is 1. The topological polar surface area (TPSA) is 135 Å². The molecular formula is C22H19N5O6. The summed E-state index contributed by atoms with van der Waals surface area (Å²) in [5, 5.41) is 14.4. The summed E-state index contributed by atoms with van der Waals surface area (Å²) < 4.78 is 16.3. The van der Waals surface area contributed by atoms with Crippen LogP contribution < -0.4 is 10.1 Å². The Bertz CT molecular complexity index is 1260. The van der Waals surface area contributed by atoms with E-state index in [4.69, 9.17) is 14.2 Å². The minimum absolute atomic E-state index is 0.0701. The fourth-order valence-corrected chi connectivity index (χ4v) is 3.54. The van der Waals surface area contributed by atoms with Crippen molar-refractivity contribution >= 4 is 23.7 Å². The first-order valence-corrected chi connectivity index (χ1v) is 9.72. The van der Waals surface area contributed by atoms with E-state index in [9.17, 15) is 14.4 Å². The molecule has 11 nitrogen and oxygen atoms in total. The molecule has 0 unspecified atom stereocenters. The van der Waals surface area contributed by atoms with Crippen molar-refractivity contribution in [1.29, 1.82) is 0 Å². The van der Waals surface area contributed by atoms with E-state index < -0.39 is 23.8 Å². The summed E-state index contributed by atoms with van der Waals surface area (Å²) in [5.41, 5.74) is 1.16. The van der Waals surface area contributed by atoms with Gasteiger partial charge < -0.3 is 19.5 Å². The molecule has 4 rings (SSSR count). The van der Waals surface area contributed by atoms with Gasteiger partial charge in [0, 0.05) is 5.56 Å². The van der Waals surface area contributed by atoms with E-state index >= 15 is 0 Å². The summed E-state index contributed by atoms with van der Waals surface area (Å²) in [6.07, 6.45) is 0. The lowest BCUT2D eigenvalue weighted by Gasteiger charge is -2.28. The fraction of sp³-hybridized carbons (Fsp3) is 0.182. The summed E-state index contributed by atoms with van der Waals surface area (Å²) in [4.78, 5) is 38.2. The second-order valence-corrected chi connectivity index (χ2v) is 6.93. The van der Waals surface area contributed by atoms with Crippen LogP contribution >= 0.6 is 0 Å². The second kappa shape index (κ2) is 8.91. The molecule has 1 atom stereocenters. The van der Waals surface area contributed by atoms with Gasteiger partial charge in [0.1, 0.15) is 17.5 Å². The maximum absolute atomic E-state index is 13.7. The van der Waals surface area contributed by atoms with Crippen LogP contribution in [0.2, 0.25) is 0 Å². The number of ketones is 1. The fourth-order valence-electron chi connectivity index (χ4n) is 3.54. The maximum atomic E-state index is 13.7. The van der Waals surface area contributed by atoms with Gasteiger partial charge in [-0.05, 0) is 40.3 Å². The number of allylic oxidation sites excluding steroid dienone is 1. The van der Waals surface area contributed by atoms with Crippen LogP contribution in [0.5, 0.6) is 5.75 Å². The Labute approximate surface area is 187 Å². The highest BCUT2D eigenvalue weighted by molar-refractivity contribution is 6.15. The summed E-state index contributed by atoms with van der Waals surface area (Å²) >= 11 is 0. The normalized spacial score (nSPS) is 14.7. The molecule has 0 spiro atoms. The van der Waals surface area contributed by atoms with Crippen LogP contribution in [-0.2, 0) is 14.3 Å². The molecule has 0 saturated carbocycles. The molecule has 1 aliphatic heterocycles. The van der Waals surface area contributed by atoms with Gasteiger partial charge in [0.25, 0.3) is 0 Å². The monoisotopic (exact) mass is 449 g/mol. The first-order valence-electron chi connectivity index (χ1n) is 9.72. The number of fused-ring (bicyclic) bond motifs is 1. The SMILES string of the molecule is COC(=O)C1=C(C(=O)c2cccc(OC)c2)[C@@H](c2ccc(C(=O)OC)cc2)n2nnnc2N1. The highest BCUT2D eigenvalue weighted by Gasteiger charge is 2.38. The van der Waals surface area contributed by atoms with Crippen LogP contribution in [0.15, 0.2) is 59.8 Å². The van der Waals surface area contributed by atoms with Crippen LogP contribution in [-0.4, -0.2) is 59.3 Å². The Hall–Kier alpha value is -4.54. The Morgan fingerprint density at radius 1 is 0.939 bits per heavy atom. The number of esters is 2. The van der Waals surface area contributed by atoms with Crippen LogP contribution in [0.4, 0.5) is 5.95 Å². The lowest BCUT2D eigenvalue weighted by molar-refractivity contribution is -0.136. The summed E-state index contributed by atoms with van der Waals surface area (Å²) in [5.74, 6) is -1.09. The zero-order valence-corrected chi connectivity index (χ0v) is 17.9. The lowest BCUT2D eigenvalue weighted by atomic mass is 9.89. The molecule has 3 aromatic rings. The largest absolute Gasteiger partial charge is 0.497 e. The highest BCUT2D eigenvalue weighted by Crippen LogP contribution is 2.37. The number of ether oxygens (including phenoxy) is 3. The number of rotatable bonds is 6. The van der Waals surface area contributed by atoms with Gasteiger partial charge in [-0.2, -0.15) is 4.68 Å². The number of nitrogens with one attached hydrogen (secondary N) is 1. The number of tetrazole rings is 1. The average molecular weight is 449 g/mol. The molecule has 0 amide bonds. The Morgan fingerprint density at radius 2 is 1.67 bits per heavy atom. The van der Waals surface area contributed by atoms with Crippen LogP contribution in [0.3, 0.4) is 0 Å². The van der Waals surface area contributed by atoms with Crippen LogP contribution in [0.25, 0.3) is 0 Å². The van der Waals surface area contributed by atoms with E-state index in [1.54, 1.807) is 48.5 Å². The van der Waals surface area contributed by atoms with Crippen molar-refractivity contribution in [3.05, 3.63) is 76.5 Å². The number of nitrogens with zero attached hydrogens (tertiary/aromatic N) is 4. The van der Waals surface area contributed by atoms with E-state index in [0.717, 1.165) is 0 Å². The Balaban J connectivity index is 1.90. The smallest absolute Gasteiger partial charge is 0.355 e. The number of hydrogen-bond acceptors (Lipinski definition) is 10. The first kappa shape index (κ1) is 21.7. The third-order valence-electron chi connectivity index (χ3n) is 5.13. The van der Waals surface area contributed by atoms with Gasteiger partial charge in [-0.15, -0.1) is 0 Å². The molecule has 0 fully saturated rings. The standard InChI is InChI=1S/C22H19N5O6/c1-31-15-6-4-5-14(11-15)19(28)16-17(21(30)33-3)23-22-24-25-26-27(22)18(16)12-7-9-13(10-8-12)20(29)32-2/h4-11,18H,1-3H3,(H,23,24,26)/t18-/m1/s1. The number of aromatic nitrogens is 4. The van der Waals surface area contributed by atoms with E-state index in [0.29, 0.717) is 22.4 Å². The molecule has 0 aliphatic carbocycles. The van der Waals surface area contributed by atoms with E-state index in [1.165, 1.54) is 26.0 Å².